The quantitative estimate of drug-likeness (QED) is 0.662. The molecule has 86 valence electrons. The maximum Gasteiger partial charge on any atom is 0.172 e. The minimum Gasteiger partial charge on any atom is -0.295 e. The lowest BCUT2D eigenvalue weighted by Crippen LogP contribution is -1.86. The molecule has 0 atom stereocenters. The van der Waals surface area contributed by atoms with Crippen LogP contribution < -0.4 is 0 Å². The number of thiophene rings is 1. The molecule has 0 aliphatic carbocycles. The van der Waals surface area contributed by atoms with Crippen molar-refractivity contribution in [3.05, 3.63) is 51.4 Å². The van der Waals surface area contributed by atoms with Crippen molar-refractivity contribution in [1.29, 1.82) is 0 Å². The molecule has 0 aliphatic heterocycles. The van der Waals surface area contributed by atoms with Gasteiger partial charge in [-0.1, -0.05) is 17.8 Å². The Morgan fingerprint density at radius 2 is 2.24 bits per heavy atom. The minimum absolute atomic E-state index is 0.963. The Bertz CT molecular complexity index is 645. The van der Waals surface area contributed by atoms with Crippen LogP contribution in [-0.4, -0.2) is 9.38 Å². The Morgan fingerprint density at radius 1 is 1.29 bits per heavy atom. The van der Waals surface area contributed by atoms with Crippen LogP contribution in [0.3, 0.4) is 0 Å². The highest BCUT2D eigenvalue weighted by molar-refractivity contribution is 9.11. The monoisotopic (exact) mass is 324 g/mol. The third kappa shape index (κ3) is 2.41. The van der Waals surface area contributed by atoms with E-state index in [0.717, 1.165) is 16.4 Å². The molecule has 0 aromatic carbocycles. The zero-order chi connectivity index (χ0) is 11.7. The highest BCUT2D eigenvalue weighted by atomic mass is 79.9. The molecule has 0 saturated heterocycles. The number of nitrogens with zero attached hydrogens (tertiary/aromatic N) is 2. The van der Waals surface area contributed by atoms with Gasteiger partial charge in [0.25, 0.3) is 0 Å². The van der Waals surface area contributed by atoms with Crippen LogP contribution in [-0.2, 0) is 5.75 Å². The van der Waals surface area contributed by atoms with Gasteiger partial charge >= 0.3 is 0 Å². The molecule has 2 nitrogen and oxygen atoms in total. The number of imidazole rings is 1. The summed E-state index contributed by atoms with van der Waals surface area (Å²) in [6, 6.07) is 10.4. The van der Waals surface area contributed by atoms with Gasteiger partial charge in [0.1, 0.15) is 0 Å². The minimum atomic E-state index is 0.963. The van der Waals surface area contributed by atoms with Gasteiger partial charge in [0.2, 0.25) is 0 Å². The summed E-state index contributed by atoms with van der Waals surface area (Å²) in [7, 11) is 0. The van der Waals surface area contributed by atoms with Gasteiger partial charge in [0.15, 0.2) is 5.16 Å². The summed E-state index contributed by atoms with van der Waals surface area (Å²) in [6.07, 6.45) is 3.96. The predicted octanol–water partition coefficient (Wildman–Crippen LogP) is 4.45. The van der Waals surface area contributed by atoms with Crippen molar-refractivity contribution in [2.75, 3.05) is 0 Å². The predicted molar refractivity (Wildman–Crippen MR) is 76.8 cm³/mol. The molecular formula is C12H9BrN2S2. The zero-order valence-corrected chi connectivity index (χ0v) is 12.1. The highest BCUT2D eigenvalue weighted by Crippen LogP contribution is 2.28. The van der Waals surface area contributed by atoms with Crippen LogP contribution in [0.15, 0.2) is 51.7 Å². The van der Waals surface area contributed by atoms with Gasteiger partial charge in [0, 0.05) is 16.8 Å². The van der Waals surface area contributed by atoms with Crippen molar-refractivity contribution in [3.8, 4) is 0 Å². The summed E-state index contributed by atoms with van der Waals surface area (Å²) in [4.78, 5) is 5.79. The van der Waals surface area contributed by atoms with Gasteiger partial charge in [0.05, 0.1) is 15.5 Å². The van der Waals surface area contributed by atoms with Gasteiger partial charge in [-0.2, -0.15) is 0 Å². The molecule has 0 N–H and O–H groups in total. The Balaban J connectivity index is 1.81. The molecule has 0 fully saturated rings. The van der Waals surface area contributed by atoms with Crippen LogP contribution in [0.2, 0.25) is 0 Å². The molecule has 3 rings (SSSR count). The molecule has 0 bridgehead atoms. The summed E-state index contributed by atoms with van der Waals surface area (Å²) >= 11 is 7.02. The summed E-state index contributed by atoms with van der Waals surface area (Å²) in [6.45, 7) is 0. The van der Waals surface area contributed by atoms with Crippen LogP contribution in [0.4, 0.5) is 0 Å². The maximum atomic E-state index is 4.44. The molecule has 0 radical (unpaired) electrons. The Kier molecular flexibility index (Phi) is 3.22. The third-order valence-electron chi connectivity index (χ3n) is 2.38. The normalized spacial score (nSPS) is 11.1. The fraction of sp³-hybridized carbons (Fsp3) is 0.0833. The van der Waals surface area contributed by atoms with Crippen LogP contribution in [0, 0.1) is 0 Å². The molecule has 0 saturated carbocycles. The van der Waals surface area contributed by atoms with Crippen LogP contribution in [0.25, 0.3) is 5.52 Å². The number of hydrogen-bond donors (Lipinski definition) is 0. The Labute approximate surface area is 116 Å². The van der Waals surface area contributed by atoms with E-state index in [1.54, 1.807) is 23.1 Å². The van der Waals surface area contributed by atoms with E-state index in [-0.39, 0.29) is 0 Å². The fourth-order valence-electron chi connectivity index (χ4n) is 1.59. The lowest BCUT2D eigenvalue weighted by Gasteiger charge is -1.99. The summed E-state index contributed by atoms with van der Waals surface area (Å²) in [5.41, 5.74) is 1.14. The van der Waals surface area contributed by atoms with Crippen LogP contribution in [0.1, 0.15) is 4.88 Å². The van der Waals surface area contributed by atoms with Crippen molar-refractivity contribution in [2.45, 2.75) is 10.9 Å². The van der Waals surface area contributed by atoms with Gasteiger partial charge in [-0.25, -0.2) is 4.98 Å². The molecule has 0 unspecified atom stereocenters. The van der Waals surface area contributed by atoms with E-state index in [2.05, 4.69) is 49.7 Å². The van der Waals surface area contributed by atoms with E-state index in [1.807, 2.05) is 18.3 Å². The molecule has 0 amide bonds. The maximum absolute atomic E-state index is 4.44. The smallest absolute Gasteiger partial charge is 0.172 e. The molecule has 0 spiro atoms. The third-order valence-corrected chi connectivity index (χ3v) is 5.20. The highest BCUT2D eigenvalue weighted by Gasteiger charge is 2.05. The number of thioether (sulfide) groups is 1. The average Bonchev–Trinajstić information content (AvgIpc) is 2.93. The molecule has 5 heteroatoms. The molecule has 3 aromatic heterocycles. The first kappa shape index (κ1) is 11.3. The zero-order valence-electron chi connectivity index (χ0n) is 8.84. The van der Waals surface area contributed by atoms with Crippen molar-refractivity contribution < 1.29 is 0 Å². The van der Waals surface area contributed by atoms with Gasteiger partial charge < -0.3 is 0 Å². The first-order valence-electron chi connectivity index (χ1n) is 5.12. The van der Waals surface area contributed by atoms with Crippen LogP contribution in [0.5, 0.6) is 0 Å². The number of fused-ring (bicyclic) bond motifs is 1. The lowest BCUT2D eigenvalue weighted by atomic mass is 10.4. The molecular weight excluding hydrogens is 316 g/mol. The van der Waals surface area contributed by atoms with Gasteiger partial charge in [-0.05, 0) is 40.2 Å². The number of halogens is 1. The van der Waals surface area contributed by atoms with E-state index in [0.29, 0.717) is 0 Å². The van der Waals surface area contributed by atoms with E-state index in [4.69, 9.17) is 0 Å². The van der Waals surface area contributed by atoms with Crippen molar-refractivity contribution in [3.63, 3.8) is 0 Å². The summed E-state index contributed by atoms with van der Waals surface area (Å²) in [5.74, 6) is 0.963. The molecule has 0 aliphatic rings. The first-order valence-corrected chi connectivity index (χ1v) is 7.71. The number of aromatic nitrogens is 2. The standard InChI is InChI=1S/C12H9BrN2S2/c13-11-5-4-10(17-11)8-16-12-14-7-9-3-1-2-6-15(9)12/h1-7H,8H2. The summed E-state index contributed by atoms with van der Waals surface area (Å²) < 4.78 is 3.30. The van der Waals surface area contributed by atoms with Crippen molar-refractivity contribution in [2.24, 2.45) is 0 Å². The van der Waals surface area contributed by atoms with Crippen molar-refractivity contribution in [1.82, 2.24) is 9.38 Å². The Hall–Kier alpha value is -0.780. The molecule has 17 heavy (non-hydrogen) atoms. The van der Waals surface area contributed by atoms with E-state index in [1.165, 1.54) is 8.66 Å². The fourth-order valence-corrected chi connectivity index (χ4v) is 4.08. The lowest BCUT2D eigenvalue weighted by molar-refractivity contribution is 0.958. The summed E-state index contributed by atoms with van der Waals surface area (Å²) in [5, 5.41) is 1.05. The molecule has 3 aromatic rings. The second-order valence-electron chi connectivity index (χ2n) is 3.53. The second-order valence-corrected chi connectivity index (χ2v) is 7.02. The largest absolute Gasteiger partial charge is 0.295 e. The first-order chi connectivity index (χ1) is 8.33. The second kappa shape index (κ2) is 4.84. The van der Waals surface area contributed by atoms with E-state index < -0.39 is 0 Å². The van der Waals surface area contributed by atoms with Crippen LogP contribution >= 0.6 is 39.0 Å². The molecule has 3 heterocycles. The average molecular weight is 325 g/mol. The van der Waals surface area contributed by atoms with Gasteiger partial charge in [-0.15, -0.1) is 11.3 Å². The van der Waals surface area contributed by atoms with E-state index in [9.17, 15) is 0 Å². The number of pyridine rings is 1. The van der Waals surface area contributed by atoms with E-state index >= 15 is 0 Å². The Morgan fingerprint density at radius 3 is 3.06 bits per heavy atom. The topological polar surface area (TPSA) is 17.3 Å². The number of rotatable bonds is 3. The van der Waals surface area contributed by atoms with Crippen molar-refractivity contribution >= 4 is 44.5 Å². The van der Waals surface area contributed by atoms with Gasteiger partial charge in [-0.3, -0.25) is 4.40 Å². The SMILES string of the molecule is Brc1ccc(CSc2ncc3ccccn23)s1. The number of hydrogen-bond acceptors (Lipinski definition) is 3.